The first-order valence-corrected chi connectivity index (χ1v) is 6.54. The molecule has 20 heavy (non-hydrogen) atoms. The molecule has 3 rings (SSSR count). The van der Waals surface area contributed by atoms with Crippen LogP contribution in [0.5, 0.6) is 11.6 Å². The Balaban J connectivity index is 2.10. The molecule has 0 aliphatic carbocycles. The molecule has 0 atom stereocenters. The molecule has 4 nitrogen and oxygen atoms in total. The van der Waals surface area contributed by atoms with Crippen LogP contribution in [0, 0.1) is 0 Å². The average molecular weight is 306 g/mol. The van der Waals surface area contributed by atoms with Gasteiger partial charge in [-0.2, -0.15) is 4.98 Å². The van der Waals surface area contributed by atoms with Crippen LogP contribution in [-0.2, 0) is 0 Å². The third kappa shape index (κ3) is 2.48. The Hall–Kier alpha value is -2.04. The van der Waals surface area contributed by atoms with Crippen LogP contribution in [0.3, 0.4) is 0 Å². The van der Waals surface area contributed by atoms with Crippen LogP contribution < -0.4 is 10.5 Å². The Morgan fingerprint density at radius 3 is 2.60 bits per heavy atom. The molecule has 2 aromatic carbocycles. The molecule has 0 radical (unpaired) electrons. The van der Waals surface area contributed by atoms with E-state index in [0.717, 1.165) is 5.39 Å². The summed E-state index contributed by atoms with van der Waals surface area (Å²) in [6.45, 7) is 0. The summed E-state index contributed by atoms with van der Waals surface area (Å²) in [7, 11) is 0. The number of rotatable bonds is 2. The third-order valence-electron chi connectivity index (χ3n) is 2.69. The monoisotopic (exact) mass is 305 g/mol. The lowest BCUT2D eigenvalue weighted by molar-refractivity contribution is 0.469. The summed E-state index contributed by atoms with van der Waals surface area (Å²) in [4.78, 5) is 8.26. The van der Waals surface area contributed by atoms with Gasteiger partial charge in [0.25, 0.3) is 0 Å². The minimum atomic E-state index is 0.142. The van der Waals surface area contributed by atoms with Gasteiger partial charge in [0.2, 0.25) is 11.8 Å². The SMILES string of the molecule is Nc1nc(Oc2ccc(Cl)cc2Cl)c2ccccc2n1. The van der Waals surface area contributed by atoms with E-state index in [0.29, 0.717) is 27.2 Å². The van der Waals surface area contributed by atoms with Crippen molar-refractivity contribution in [2.45, 2.75) is 0 Å². The topological polar surface area (TPSA) is 61.0 Å². The molecule has 0 aliphatic heterocycles. The van der Waals surface area contributed by atoms with Gasteiger partial charge in [-0.15, -0.1) is 0 Å². The van der Waals surface area contributed by atoms with E-state index in [1.165, 1.54) is 0 Å². The number of anilines is 1. The number of halogens is 2. The van der Waals surface area contributed by atoms with Crippen molar-refractivity contribution in [3.8, 4) is 11.6 Å². The first-order valence-electron chi connectivity index (χ1n) is 5.78. The summed E-state index contributed by atoms with van der Waals surface area (Å²) in [5.74, 6) is 0.959. The minimum absolute atomic E-state index is 0.142. The average Bonchev–Trinajstić information content (AvgIpc) is 2.41. The van der Waals surface area contributed by atoms with E-state index < -0.39 is 0 Å². The second kappa shape index (κ2) is 5.15. The summed E-state index contributed by atoms with van der Waals surface area (Å²) in [6.07, 6.45) is 0. The van der Waals surface area contributed by atoms with Gasteiger partial charge in [0.05, 0.1) is 15.9 Å². The van der Waals surface area contributed by atoms with Gasteiger partial charge in [-0.25, -0.2) is 4.98 Å². The maximum Gasteiger partial charge on any atom is 0.232 e. The Morgan fingerprint density at radius 2 is 1.80 bits per heavy atom. The normalized spacial score (nSPS) is 10.7. The van der Waals surface area contributed by atoms with Crippen molar-refractivity contribution in [3.05, 3.63) is 52.5 Å². The lowest BCUT2D eigenvalue weighted by atomic mass is 10.2. The number of nitrogens with two attached hydrogens (primary N) is 1. The number of para-hydroxylation sites is 1. The summed E-state index contributed by atoms with van der Waals surface area (Å²) in [5.41, 5.74) is 6.39. The summed E-state index contributed by atoms with van der Waals surface area (Å²) in [5, 5.41) is 1.70. The van der Waals surface area contributed by atoms with Crippen molar-refractivity contribution >= 4 is 40.1 Å². The molecular weight excluding hydrogens is 297 g/mol. The Kier molecular flexibility index (Phi) is 3.34. The second-order valence-corrected chi connectivity index (χ2v) is 4.92. The standard InChI is InChI=1S/C14H9Cl2N3O/c15-8-5-6-12(10(16)7-8)20-13-9-3-1-2-4-11(9)18-14(17)19-13/h1-7H,(H2,17,18,19). The van der Waals surface area contributed by atoms with E-state index >= 15 is 0 Å². The van der Waals surface area contributed by atoms with E-state index in [-0.39, 0.29) is 5.95 Å². The van der Waals surface area contributed by atoms with Crippen molar-refractivity contribution in [1.29, 1.82) is 0 Å². The number of benzene rings is 2. The molecule has 1 aromatic heterocycles. The number of nitrogens with zero attached hydrogens (tertiary/aromatic N) is 2. The highest BCUT2D eigenvalue weighted by atomic mass is 35.5. The largest absolute Gasteiger partial charge is 0.437 e. The molecule has 3 aromatic rings. The van der Waals surface area contributed by atoms with Gasteiger partial charge < -0.3 is 10.5 Å². The Bertz CT molecular complexity index is 792. The Morgan fingerprint density at radius 1 is 1.00 bits per heavy atom. The van der Waals surface area contributed by atoms with Crippen molar-refractivity contribution in [2.24, 2.45) is 0 Å². The first kappa shape index (κ1) is 13.0. The predicted molar refractivity (Wildman–Crippen MR) is 80.5 cm³/mol. The van der Waals surface area contributed by atoms with Crippen molar-refractivity contribution in [3.63, 3.8) is 0 Å². The summed E-state index contributed by atoms with van der Waals surface area (Å²) >= 11 is 11.9. The molecule has 0 saturated carbocycles. The van der Waals surface area contributed by atoms with Gasteiger partial charge in [-0.3, -0.25) is 0 Å². The van der Waals surface area contributed by atoms with E-state index in [9.17, 15) is 0 Å². The van der Waals surface area contributed by atoms with Gasteiger partial charge in [-0.05, 0) is 30.3 Å². The molecule has 0 saturated heterocycles. The number of hydrogen-bond donors (Lipinski definition) is 1. The lowest BCUT2D eigenvalue weighted by Gasteiger charge is -2.09. The number of hydrogen-bond acceptors (Lipinski definition) is 4. The zero-order valence-electron chi connectivity index (χ0n) is 10.2. The van der Waals surface area contributed by atoms with Gasteiger partial charge >= 0.3 is 0 Å². The minimum Gasteiger partial charge on any atom is -0.437 e. The molecular formula is C14H9Cl2N3O. The fourth-order valence-electron chi connectivity index (χ4n) is 1.80. The van der Waals surface area contributed by atoms with E-state index in [1.54, 1.807) is 18.2 Å². The number of nitrogen functional groups attached to an aromatic ring is 1. The molecule has 0 amide bonds. The molecule has 0 unspecified atom stereocenters. The van der Waals surface area contributed by atoms with Crippen molar-refractivity contribution in [1.82, 2.24) is 9.97 Å². The zero-order chi connectivity index (χ0) is 14.1. The molecule has 100 valence electrons. The summed E-state index contributed by atoms with van der Waals surface area (Å²) in [6, 6.07) is 12.4. The van der Waals surface area contributed by atoms with Gasteiger partial charge in [0, 0.05) is 5.02 Å². The maximum atomic E-state index is 6.09. The highest BCUT2D eigenvalue weighted by Gasteiger charge is 2.10. The molecule has 2 N–H and O–H groups in total. The van der Waals surface area contributed by atoms with Crippen LogP contribution >= 0.6 is 23.2 Å². The van der Waals surface area contributed by atoms with Crippen molar-refractivity contribution < 1.29 is 4.74 Å². The number of aromatic nitrogens is 2. The molecule has 1 heterocycles. The van der Waals surface area contributed by atoms with E-state index in [2.05, 4.69) is 9.97 Å². The quantitative estimate of drug-likeness (QED) is 0.766. The highest BCUT2D eigenvalue weighted by molar-refractivity contribution is 6.35. The van der Waals surface area contributed by atoms with Crippen LogP contribution in [0.15, 0.2) is 42.5 Å². The van der Waals surface area contributed by atoms with Crippen LogP contribution in [0.25, 0.3) is 10.9 Å². The van der Waals surface area contributed by atoms with Crippen LogP contribution in [0.4, 0.5) is 5.95 Å². The van der Waals surface area contributed by atoms with Gasteiger partial charge in [0.1, 0.15) is 5.75 Å². The maximum absolute atomic E-state index is 6.09. The predicted octanol–water partition coefficient (Wildman–Crippen LogP) is 4.31. The number of fused-ring (bicyclic) bond motifs is 1. The van der Waals surface area contributed by atoms with Crippen molar-refractivity contribution in [2.75, 3.05) is 5.73 Å². The van der Waals surface area contributed by atoms with Gasteiger partial charge in [-0.1, -0.05) is 35.3 Å². The molecule has 0 fully saturated rings. The molecule has 0 aliphatic rings. The van der Waals surface area contributed by atoms with E-state index in [4.69, 9.17) is 33.7 Å². The fraction of sp³-hybridized carbons (Fsp3) is 0. The van der Waals surface area contributed by atoms with Crippen LogP contribution in [0.1, 0.15) is 0 Å². The smallest absolute Gasteiger partial charge is 0.232 e. The molecule has 0 spiro atoms. The van der Waals surface area contributed by atoms with Crippen LogP contribution in [0.2, 0.25) is 10.0 Å². The highest BCUT2D eigenvalue weighted by Crippen LogP contribution is 2.33. The number of ether oxygens (including phenoxy) is 1. The van der Waals surface area contributed by atoms with Crippen LogP contribution in [-0.4, -0.2) is 9.97 Å². The summed E-state index contributed by atoms with van der Waals surface area (Å²) < 4.78 is 5.74. The fourth-order valence-corrected chi connectivity index (χ4v) is 2.25. The third-order valence-corrected chi connectivity index (χ3v) is 3.22. The second-order valence-electron chi connectivity index (χ2n) is 4.08. The lowest BCUT2D eigenvalue weighted by Crippen LogP contribution is -1.98. The molecule has 6 heteroatoms. The Labute approximate surface area is 125 Å². The van der Waals surface area contributed by atoms with E-state index in [1.807, 2.05) is 24.3 Å². The molecule has 0 bridgehead atoms. The van der Waals surface area contributed by atoms with Gasteiger partial charge in [0.15, 0.2) is 0 Å². The zero-order valence-corrected chi connectivity index (χ0v) is 11.7. The first-order chi connectivity index (χ1) is 9.63.